The van der Waals surface area contributed by atoms with E-state index < -0.39 is 18.6 Å². The molecule has 3 aromatic rings. The summed E-state index contributed by atoms with van der Waals surface area (Å²) in [6.07, 6.45) is 3.28. The molecule has 1 aromatic carbocycles. The molecule has 2 heterocycles. The largest absolute Gasteiger partial charge is 0.590 e. The highest BCUT2D eigenvalue weighted by Crippen LogP contribution is 2.54. The van der Waals surface area contributed by atoms with Crippen molar-refractivity contribution in [2.75, 3.05) is 0 Å². The molecule has 2 atom stereocenters. The summed E-state index contributed by atoms with van der Waals surface area (Å²) in [6, 6.07) is 7.86. The maximum atomic E-state index is 14.0. The number of hydrogen-bond acceptors (Lipinski definition) is 4. The predicted octanol–water partition coefficient (Wildman–Crippen LogP) is 5.33. The third kappa shape index (κ3) is 3.91. The maximum Gasteiger partial charge on any atom is 0.590 e. The van der Waals surface area contributed by atoms with E-state index in [4.69, 9.17) is 4.89 Å². The molecule has 140 valence electrons. The minimum absolute atomic E-state index is 0.0138. The molecular formula is C17H13BrF2N2O3PS+. The van der Waals surface area contributed by atoms with Gasteiger partial charge in [0, 0.05) is 28.0 Å². The molecule has 0 aliphatic rings. The van der Waals surface area contributed by atoms with Crippen molar-refractivity contribution in [1.29, 1.82) is 0 Å². The number of fused-ring (bicyclic) bond motifs is 1. The third-order valence-corrected chi connectivity index (χ3v) is 7.12. The van der Waals surface area contributed by atoms with E-state index in [1.54, 1.807) is 24.5 Å². The number of nitrogens with one attached hydrogen (secondary N) is 1. The van der Waals surface area contributed by atoms with Gasteiger partial charge in [-0.05, 0) is 57.2 Å². The first kappa shape index (κ1) is 19.9. The molecule has 3 rings (SSSR count). The van der Waals surface area contributed by atoms with Crippen molar-refractivity contribution in [3.8, 4) is 0 Å². The van der Waals surface area contributed by atoms with E-state index in [0.29, 0.717) is 27.0 Å². The van der Waals surface area contributed by atoms with Gasteiger partial charge >= 0.3 is 13.7 Å². The molecule has 0 aliphatic heterocycles. The summed E-state index contributed by atoms with van der Waals surface area (Å²) in [5, 5.41) is 3.21. The Hall–Kier alpha value is -1.80. The molecule has 5 nitrogen and oxygen atoms in total. The molecule has 0 saturated heterocycles. The number of halogens is 3. The summed E-state index contributed by atoms with van der Waals surface area (Å²) in [4.78, 5) is 24.9. The number of nitrogens with zero attached hydrogens (tertiary/aromatic N) is 1. The van der Waals surface area contributed by atoms with Gasteiger partial charge in [-0.15, -0.1) is 20.1 Å². The fraction of sp³-hybridized carbons (Fsp3) is 0.176. The Bertz CT molecular complexity index is 1030. The fourth-order valence-electron chi connectivity index (χ4n) is 2.48. The van der Waals surface area contributed by atoms with Crippen LogP contribution in [-0.2, 0) is 10.2 Å². The molecule has 27 heavy (non-hydrogen) atoms. The molecule has 0 fully saturated rings. The summed E-state index contributed by atoms with van der Waals surface area (Å²) in [6.45, 7) is 1.81. The van der Waals surface area contributed by atoms with Gasteiger partial charge in [0.1, 0.15) is 4.88 Å². The average Bonchev–Trinajstić information content (AvgIpc) is 2.99. The number of benzene rings is 1. The first-order valence-corrected chi connectivity index (χ1v) is 10.5. The number of rotatable bonds is 5. The van der Waals surface area contributed by atoms with Crippen LogP contribution in [0.5, 0.6) is 0 Å². The summed E-state index contributed by atoms with van der Waals surface area (Å²) < 4.78 is 39.4. The van der Waals surface area contributed by atoms with Gasteiger partial charge in [-0.3, -0.25) is 9.78 Å². The number of hydrogen-bond donors (Lipinski definition) is 2. The Morgan fingerprint density at radius 3 is 2.78 bits per heavy atom. The Kier molecular flexibility index (Phi) is 5.67. The van der Waals surface area contributed by atoms with E-state index in [2.05, 4.69) is 26.2 Å². The van der Waals surface area contributed by atoms with Crippen LogP contribution in [0, 0.1) is 0 Å². The molecule has 0 spiro atoms. The van der Waals surface area contributed by atoms with Crippen LogP contribution in [0.1, 0.15) is 33.8 Å². The molecule has 0 aliphatic carbocycles. The summed E-state index contributed by atoms with van der Waals surface area (Å²) in [7, 11) is -3.72. The maximum absolute atomic E-state index is 14.0. The van der Waals surface area contributed by atoms with Gasteiger partial charge in [0.25, 0.3) is 5.91 Å². The minimum Gasteiger partial charge on any atom is -0.345 e. The third-order valence-electron chi connectivity index (χ3n) is 3.94. The number of aromatic nitrogens is 1. The second-order valence-corrected chi connectivity index (χ2v) is 8.70. The molecule has 0 saturated carbocycles. The lowest BCUT2D eigenvalue weighted by Gasteiger charge is -2.14. The molecule has 2 N–H and O–H groups in total. The number of amides is 1. The van der Waals surface area contributed by atoms with Crippen LogP contribution >= 0.6 is 35.3 Å². The van der Waals surface area contributed by atoms with Gasteiger partial charge in [0.15, 0.2) is 0 Å². The minimum atomic E-state index is -3.87. The van der Waals surface area contributed by atoms with E-state index >= 15 is 0 Å². The quantitative estimate of drug-likeness (QED) is 0.490. The van der Waals surface area contributed by atoms with Crippen LogP contribution < -0.4 is 5.32 Å². The Balaban J connectivity index is 1.91. The lowest BCUT2D eigenvalue weighted by molar-refractivity contribution is 0.0849. The van der Waals surface area contributed by atoms with Crippen molar-refractivity contribution in [2.45, 2.75) is 18.6 Å². The predicted molar refractivity (Wildman–Crippen MR) is 103 cm³/mol. The topological polar surface area (TPSA) is 79.3 Å². The van der Waals surface area contributed by atoms with Gasteiger partial charge in [-0.2, -0.15) is 4.89 Å². The zero-order chi connectivity index (χ0) is 19.8. The smallest absolute Gasteiger partial charge is 0.345 e. The van der Waals surface area contributed by atoms with E-state index in [1.165, 1.54) is 12.1 Å². The number of carbonyl (C=O) groups excluding carboxylic acids is 1. The van der Waals surface area contributed by atoms with E-state index in [9.17, 15) is 18.1 Å². The van der Waals surface area contributed by atoms with Gasteiger partial charge in [0.2, 0.25) is 0 Å². The Morgan fingerprint density at radius 2 is 2.15 bits per heavy atom. The number of alkyl halides is 2. The Labute approximate surface area is 166 Å². The number of thiophene rings is 1. The highest BCUT2D eigenvalue weighted by atomic mass is 79.9. The second kappa shape index (κ2) is 7.67. The SMILES string of the molecule is C[C@H](NC(=O)c1ccc2sc(C(F)(F)[P+](=O)O)c(Br)c2c1)c1cccnc1. The highest BCUT2D eigenvalue weighted by Gasteiger charge is 2.56. The van der Waals surface area contributed by atoms with Crippen molar-refractivity contribution < 1.29 is 23.0 Å². The van der Waals surface area contributed by atoms with Crippen LogP contribution in [0.15, 0.2) is 47.2 Å². The standard InChI is InChI=1S/C17H12BrF2N2O3PS/c1-9(11-3-2-6-21-8-11)22-16(23)10-4-5-13-12(7-10)14(18)15(27-13)17(19,20)26(24)25/h2-9H,1H3,(H-,22,23,24,25)/p+1/t9-/m0/s1. The van der Waals surface area contributed by atoms with E-state index in [1.807, 2.05) is 13.0 Å². The first-order chi connectivity index (χ1) is 12.7. The zero-order valence-corrected chi connectivity index (χ0v) is 17.1. The van der Waals surface area contributed by atoms with Crippen LogP contribution in [0.3, 0.4) is 0 Å². The van der Waals surface area contributed by atoms with Gasteiger partial charge < -0.3 is 5.32 Å². The molecule has 0 bridgehead atoms. The van der Waals surface area contributed by atoms with Crippen molar-refractivity contribution >= 4 is 51.3 Å². The van der Waals surface area contributed by atoms with Gasteiger partial charge in [-0.1, -0.05) is 6.07 Å². The zero-order valence-electron chi connectivity index (χ0n) is 13.8. The lowest BCUT2D eigenvalue weighted by Crippen LogP contribution is -2.26. The monoisotopic (exact) mass is 473 g/mol. The molecule has 1 unspecified atom stereocenters. The highest BCUT2D eigenvalue weighted by molar-refractivity contribution is 9.10. The van der Waals surface area contributed by atoms with Gasteiger partial charge in [0.05, 0.1) is 10.5 Å². The summed E-state index contributed by atoms with van der Waals surface area (Å²) in [5.74, 6) is -0.368. The molecular weight excluding hydrogens is 461 g/mol. The van der Waals surface area contributed by atoms with E-state index in [-0.39, 0.29) is 16.4 Å². The number of pyridine rings is 1. The molecule has 0 radical (unpaired) electrons. The first-order valence-electron chi connectivity index (χ1n) is 7.69. The summed E-state index contributed by atoms with van der Waals surface area (Å²) in [5.41, 5.74) is -2.74. The number of carbonyl (C=O) groups is 1. The van der Waals surface area contributed by atoms with Crippen molar-refractivity contribution in [3.05, 3.63) is 63.2 Å². The van der Waals surface area contributed by atoms with Crippen LogP contribution in [0.25, 0.3) is 10.1 Å². The van der Waals surface area contributed by atoms with Crippen molar-refractivity contribution in [1.82, 2.24) is 10.3 Å². The second-order valence-electron chi connectivity index (χ2n) is 5.75. The average molecular weight is 474 g/mol. The van der Waals surface area contributed by atoms with Crippen LogP contribution in [0.2, 0.25) is 0 Å². The molecule has 1 amide bonds. The normalized spacial score (nSPS) is 13.4. The lowest BCUT2D eigenvalue weighted by atomic mass is 10.1. The van der Waals surface area contributed by atoms with Crippen molar-refractivity contribution in [2.24, 2.45) is 0 Å². The fourth-order valence-corrected chi connectivity index (χ4v) is 5.19. The van der Waals surface area contributed by atoms with Crippen LogP contribution in [-0.4, -0.2) is 15.8 Å². The molecule has 2 aromatic heterocycles. The van der Waals surface area contributed by atoms with Crippen LogP contribution in [0.4, 0.5) is 8.78 Å². The van der Waals surface area contributed by atoms with Crippen molar-refractivity contribution in [3.63, 3.8) is 0 Å². The van der Waals surface area contributed by atoms with E-state index in [0.717, 1.165) is 5.56 Å². The Morgan fingerprint density at radius 1 is 1.41 bits per heavy atom. The molecule has 10 heteroatoms. The summed E-state index contributed by atoms with van der Waals surface area (Å²) >= 11 is 3.79. The van der Waals surface area contributed by atoms with Gasteiger partial charge in [-0.25, -0.2) is 0 Å².